The van der Waals surface area contributed by atoms with E-state index in [0.717, 1.165) is 11.1 Å². The van der Waals surface area contributed by atoms with Gasteiger partial charge in [-0.3, -0.25) is 0 Å². The quantitative estimate of drug-likeness (QED) is 0.294. The molecule has 0 atom stereocenters. The minimum Gasteiger partial charge on any atom is -0.411 e. The first-order valence-electron chi connectivity index (χ1n) is 3.54. The van der Waals surface area contributed by atoms with Crippen molar-refractivity contribution in [2.75, 3.05) is 0 Å². The fraction of sp³-hybridized carbons (Fsp3) is 0.100. The summed E-state index contributed by atoms with van der Waals surface area (Å²) in [7, 11) is 0. The van der Waals surface area contributed by atoms with E-state index in [4.69, 9.17) is 5.21 Å². The smallest absolute Gasteiger partial charge is 0.0690 e. The lowest BCUT2D eigenvalue weighted by atomic mass is 10.2. The average Bonchev–Trinajstić information content (AvgIpc) is 2.04. The highest BCUT2D eigenvalue weighted by atomic mass is 16.4. The van der Waals surface area contributed by atoms with Crippen LogP contribution in [0.15, 0.2) is 53.8 Å². The van der Waals surface area contributed by atoms with Gasteiger partial charge in [-0.15, -0.1) is 0 Å². The van der Waals surface area contributed by atoms with Gasteiger partial charge < -0.3 is 5.21 Å². The van der Waals surface area contributed by atoms with E-state index < -0.39 is 0 Å². The van der Waals surface area contributed by atoms with E-state index in [-0.39, 0.29) is 0 Å². The van der Waals surface area contributed by atoms with Crippen LogP contribution >= 0.6 is 0 Å². The number of hydrogen-bond acceptors (Lipinski definition) is 2. The Bertz CT molecular complexity index is 247. The van der Waals surface area contributed by atoms with Crippen molar-refractivity contribution in [1.82, 2.24) is 0 Å². The van der Waals surface area contributed by atoms with Crippen LogP contribution in [0.1, 0.15) is 6.92 Å². The molecule has 0 spiro atoms. The molecule has 64 valence electrons. The molecule has 0 aliphatic heterocycles. The van der Waals surface area contributed by atoms with E-state index in [1.807, 2.05) is 25.2 Å². The molecule has 0 saturated heterocycles. The standard InChI is InChI=1S/C10H13NO/c1-4-9(2)6-5-7-10(3)8-11-12/h4-8,12H,1-2H2,3H3. The summed E-state index contributed by atoms with van der Waals surface area (Å²) in [6, 6.07) is 0. The summed E-state index contributed by atoms with van der Waals surface area (Å²) in [6.07, 6.45) is 8.48. The van der Waals surface area contributed by atoms with Gasteiger partial charge in [0.05, 0.1) is 6.21 Å². The first kappa shape index (κ1) is 10.4. The molecule has 0 saturated carbocycles. The zero-order valence-electron chi connectivity index (χ0n) is 7.20. The third kappa shape index (κ3) is 5.23. The van der Waals surface area contributed by atoms with E-state index in [1.165, 1.54) is 6.21 Å². The first-order valence-corrected chi connectivity index (χ1v) is 3.54. The molecular weight excluding hydrogens is 150 g/mol. The van der Waals surface area contributed by atoms with Gasteiger partial charge >= 0.3 is 0 Å². The summed E-state index contributed by atoms with van der Waals surface area (Å²) >= 11 is 0. The second kappa shape index (κ2) is 6.16. The molecule has 0 aromatic heterocycles. The van der Waals surface area contributed by atoms with Crippen LogP contribution in [0.25, 0.3) is 0 Å². The molecule has 0 unspecified atom stereocenters. The number of nitrogens with zero attached hydrogens (tertiary/aromatic N) is 1. The van der Waals surface area contributed by atoms with Gasteiger partial charge in [0.15, 0.2) is 0 Å². The molecule has 2 nitrogen and oxygen atoms in total. The molecule has 0 amide bonds. The van der Waals surface area contributed by atoms with Crippen LogP contribution in [-0.4, -0.2) is 11.4 Å². The molecule has 0 radical (unpaired) electrons. The second-order valence-electron chi connectivity index (χ2n) is 2.29. The number of allylic oxidation sites excluding steroid dienone is 6. The third-order valence-corrected chi connectivity index (χ3v) is 1.19. The monoisotopic (exact) mass is 163 g/mol. The first-order chi connectivity index (χ1) is 5.70. The predicted molar refractivity (Wildman–Crippen MR) is 52.5 cm³/mol. The van der Waals surface area contributed by atoms with Crippen molar-refractivity contribution < 1.29 is 5.21 Å². The van der Waals surface area contributed by atoms with E-state index in [1.54, 1.807) is 6.08 Å². The molecule has 0 aromatic carbocycles. The Morgan fingerprint density at radius 1 is 1.50 bits per heavy atom. The Kier molecular flexibility index (Phi) is 5.35. The van der Waals surface area contributed by atoms with Crippen LogP contribution in [0.2, 0.25) is 0 Å². The minimum absolute atomic E-state index is 0.847. The number of oxime groups is 1. The van der Waals surface area contributed by atoms with Crippen LogP contribution < -0.4 is 0 Å². The molecule has 2 heteroatoms. The molecule has 0 aromatic rings. The Hall–Kier alpha value is -1.57. The van der Waals surface area contributed by atoms with Gasteiger partial charge in [0.25, 0.3) is 0 Å². The normalized spacial score (nSPS) is 12.6. The highest BCUT2D eigenvalue weighted by molar-refractivity contribution is 5.77. The van der Waals surface area contributed by atoms with Gasteiger partial charge in [0.2, 0.25) is 0 Å². The molecule has 1 N–H and O–H groups in total. The maximum absolute atomic E-state index is 8.16. The van der Waals surface area contributed by atoms with Gasteiger partial charge in [-0.2, -0.15) is 0 Å². The van der Waals surface area contributed by atoms with Gasteiger partial charge in [-0.25, -0.2) is 0 Å². The molecule has 0 rings (SSSR count). The zero-order chi connectivity index (χ0) is 9.40. The van der Waals surface area contributed by atoms with E-state index in [0.29, 0.717) is 0 Å². The van der Waals surface area contributed by atoms with Crippen molar-refractivity contribution in [3.8, 4) is 0 Å². The lowest BCUT2D eigenvalue weighted by Crippen LogP contribution is -1.74. The molecule has 0 aliphatic carbocycles. The van der Waals surface area contributed by atoms with Crippen molar-refractivity contribution in [1.29, 1.82) is 0 Å². The molecule has 0 fully saturated rings. The third-order valence-electron chi connectivity index (χ3n) is 1.19. The van der Waals surface area contributed by atoms with Crippen molar-refractivity contribution >= 4 is 6.21 Å². The summed E-state index contributed by atoms with van der Waals surface area (Å²) in [5.74, 6) is 0. The minimum atomic E-state index is 0.847. The summed E-state index contributed by atoms with van der Waals surface area (Å²) in [6.45, 7) is 9.09. The number of hydrogen-bond donors (Lipinski definition) is 1. The van der Waals surface area contributed by atoms with Crippen LogP contribution in [0.4, 0.5) is 0 Å². The topological polar surface area (TPSA) is 32.6 Å². The highest BCUT2D eigenvalue weighted by Gasteiger charge is 1.78. The van der Waals surface area contributed by atoms with E-state index in [9.17, 15) is 0 Å². The molecule has 0 aliphatic rings. The van der Waals surface area contributed by atoms with Gasteiger partial charge in [-0.1, -0.05) is 42.6 Å². The SMILES string of the molecule is C=CC(=C)C=CC=C(C)C=NO. The highest BCUT2D eigenvalue weighted by Crippen LogP contribution is 1.95. The zero-order valence-corrected chi connectivity index (χ0v) is 7.20. The maximum Gasteiger partial charge on any atom is 0.0690 e. The predicted octanol–water partition coefficient (Wildman–Crippen LogP) is 2.69. The van der Waals surface area contributed by atoms with Gasteiger partial charge in [-0.05, 0) is 18.1 Å². The lowest BCUT2D eigenvalue weighted by molar-refractivity contribution is 0.321. The summed E-state index contributed by atoms with van der Waals surface area (Å²) in [5.41, 5.74) is 1.71. The Morgan fingerprint density at radius 3 is 2.67 bits per heavy atom. The molecule has 12 heavy (non-hydrogen) atoms. The summed E-state index contributed by atoms with van der Waals surface area (Å²) < 4.78 is 0. The molecular formula is C10H13NO. The van der Waals surface area contributed by atoms with Crippen LogP contribution in [0, 0.1) is 0 Å². The Balaban J connectivity index is 4.11. The summed E-state index contributed by atoms with van der Waals surface area (Å²) in [5, 5.41) is 11.0. The fourth-order valence-electron chi connectivity index (χ4n) is 0.526. The van der Waals surface area contributed by atoms with Crippen molar-refractivity contribution in [3.05, 3.63) is 48.6 Å². The Labute approximate surface area is 72.9 Å². The van der Waals surface area contributed by atoms with Crippen molar-refractivity contribution in [2.24, 2.45) is 5.16 Å². The lowest BCUT2D eigenvalue weighted by Gasteiger charge is -1.86. The average molecular weight is 163 g/mol. The number of rotatable bonds is 4. The molecule has 0 heterocycles. The fourth-order valence-corrected chi connectivity index (χ4v) is 0.526. The van der Waals surface area contributed by atoms with Crippen LogP contribution in [0.3, 0.4) is 0 Å². The van der Waals surface area contributed by atoms with E-state index >= 15 is 0 Å². The molecule has 0 bridgehead atoms. The van der Waals surface area contributed by atoms with Crippen molar-refractivity contribution in [3.63, 3.8) is 0 Å². The van der Waals surface area contributed by atoms with Crippen LogP contribution in [-0.2, 0) is 0 Å². The second-order valence-corrected chi connectivity index (χ2v) is 2.29. The maximum atomic E-state index is 8.16. The Morgan fingerprint density at radius 2 is 2.17 bits per heavy atom. The van der Waals surface area contributed by atoms with Crippen molar-refractivity contribution in [2.45, 2.75) is 6.92 Å². The summed E-state index contributed by atoms with van der Waals surface area (Å²) in [4.78, 5) is 0. The van der Waals surface area contributed by atoms with E-state index in [2.05, 4.69) is 18.3 Å². The largest absolute Gasteiger partial charge is 0.411 e. The van der Waals surface area contributed by atoms with Gasteiger partial charge in [0, 0.05) is 0 Å². The van der Waals surface area contributed by atoms with Gasteiger partial charge in [0.1, 0.15) is 0 Å². The van der Waals surface area contributed by atoms with Crippen LogP contribution in [0.5, 0.6) is 0 Å².